The molecule has 2 N–H and O–H groups in total. The van der Waals surface area contributed by atoms with Crippen molar-refractivity contribution >= 4 is 29.4 Å². The summed E-state index contributed by atoms with van der Waals surface area (Å²) in [5.41, 5.74) is 0. The van der Waals surface area contributed by atoms with Gasteiger partial charge in [-0.05, 0) is 20.3 Å². The molecule has 1 heterocycles. The molecule has 1 rings (SSSR count). The highest BCUT2D eigenvalue weighted by Gasteiger charge is 2.16. The van der Waals surface area contributed by atoms with Crippen LogP contribution in [0.4, 0.5) is 5.82 Å². The second kappa shape index (κ2) is 10.3. The Morgan fingerprint density at radius 3 is 2.77 bits per heavy atom. The molecule has 0 spiro atoms. The van der Waals surface area contributed by atoms with Crippen LogP contribution >= 0.6 is 11.8 Å². The smallest absolute Gasteiger partial charge is 0.238 e. The van der Waals surface area contributed by atoms with Crippen LogP contribution in [0.25, 0.3) is 0 Å². The summed E-state index contributed by atoms with van der Waals surface area (Å²) in [6, 6.07) is 1.65. The lowest BCUT2D eigenvalue weighted by Gasteiger charge is -2.10. The molecule has 124 valence electrons. The van der Waals surface area contributed by atoms with E-state index >= 15 is 0 Å². The van der Waals surface area contributed by atoms with Gasteiger partial charge in [-0.2, -0.15) is 0 Å². The fourth-order valence-corrected chi connectivity index (χ4v) is 2.47. The molecule has 1 aromatic heterocycles. The van der Waals surface area contributed by atoms with E-state index in [4.69, 9.17) is 4.52 Å². The molecule has 0 unspecified atom stereocenters. The minimum Gasteiger partial charge on any atom is -0.360 e. The van der Waals surface area contributed by atoms with Gasteiger partial charge >= 0.3 is 0 Å². The van der Waals surface area contributed by atoms with Crippen LogP contribution in [-0.4, -0.2) is 34.5 Å². The first-order valence-corrected chi connectivity index (χ1v) is 8.70. The molecule has 7 heteroatoms. The summed E-state index contributed by atoms with van der Waals surface area (Å²) in [6.07, 6.45) is 4.52. The number of nitrogens with one attached hydrogen (secondary N) is 2. The molecule has 2 amide bonds. The third-order valence-electron chi connectivity index (χ3n) is 3.07. The highest BCUT2D eigenvalue weighted by atomic mass is 32.2. The molecule has 0 radical (unpaired) electrons. The summed E-state index contributed by atoms with van der Waals surface area (Å²) in [5.74, 6) is 1.10. The lowest BCUT2D eigenvalue weighted by Crippen LogP contribution is -2.29. The van der Waals surface area contributed by atoms with Crippen molar-refractivity contribution in [2.45, 2.75) is 51.7 Å². The largest absolute Gasteiger partial charge is 0.360 e. The van der Waals surface area contributed by atoms with E-state index in [1.807, 2.05) is 0 Å². The average Bonchev–Trinajstić information content (AvgIpc) is 2.89. The molecule has 1 atom stereocenters. The van der Waals surface area contributed by atoms with Crippen molar-refractivity contribution in [2.75, 3.05) is 17.6 Å². The Morgan fingerprint density at radius 1 is 1.36 bits per heavy atom. The molecule has 0 aliphatic rings. The van der Waals surface area contributed by atoms with Gasteiger partial charge in [0.1, 0.15) is 5.76 Å². The second-order valence-electron chi connectivity index (χ2n) is 5.18. The number of amides is 2. The molecule has 1 aromatic rings. The van der Waals surface area contributed by atoms with Gasteiger partial charge in [-0.15, -0.1) is 11.8 Å². The molecular formula is C15H25N3O3S. The van der Waals surface area contributed by atoms with Gasteiger partial charge in [0.2, 0.25) is 11.8 Å². The van der Waals surface area contributed by atoms with Crippen molar-refractivity contribution in [3.63, 3.8) is 0 Å². The zero-order valence-electron chi connectivity index (χ0n) is 13.5. The maximum atomic E-state index is 11.9. The number of rotatable bonds is 10. The number of aromatic nitrogens is 1. The Morgan fingerprint density at radius 2 is 2.14 bits per heavy atom. The maximum Gasteiger partial charge on any atom is 0.238 e. The standard InChI is InChI=1S/C15H25N3O3S/c1-4-5-6-7-8-16-14(19)10-22-12(3)15(20)17-13-9-11(2)21-18-13/h9,12H,4-8,10H2,1-3H3,(H,16,19)(H,17,18,20)/t12-/m0/s1. The van der Waals surface area contributed by atoms with Crippen LogP contribution < -0.4 is 10.6 Å². The minimum absolute atomic E-state index is 0.0292. The van der Waals surface area contributed by atoms with Crippen LogP contribution in [-0.2, 0) is 9.59 Å². The summed E-state index contributed by atoms with van der Waals surface area (Å²) in [7, 11) is 0. The number of unbranched alkanes of at least 4 members (excludes halogenated alkanes) is 3. The van der Waals surface area contributed by atoms with Crippen molar-refractivity contribution in [3.05, 3.63) is 11.8 Å². The van der Waals surface area contributed by atoms with E-state index in [-0.39, 0.29) is 22.8 Å². The molecule has 0 saturated heterocycles. The number of hydrogen-bond acceptors (Lipinski definition) is 5. The van der Waals surface area contributed by atoms with Gasteiger partial charge in [-0.1, -0.05) is 31.3 Å². The number of aryl methyl sites for hydroxylation is 1. The van der Waals surface area contributed by atoms with Gasteiger partial charge in [0.05, 0.1) is 11.0 Å². The van der Waals surface area contributed by atoms with E-state index in [0.717, 1.165) is 12.8 Å². The Bertz CT molecular complexity index is 476. The summed E-state index contributed by atoms with van der Waals surface area (Å²) < 4.78 is 4.88. The van der Waals surface area contributed by atoms with Gasteiger partial charge < -0.3 is 15.2 Å². The van der Waals surface area contributed by atoms with Crippen LogP contribution in [0.15, 0.2) is 10.6 Å². The molecule has 0 aliphatic heterocycles. The van der Waals surface area contributed by atoms with Crippen molar-refractivity contribution in [2.24, 2.45) is 0 Å². The minimum atomic E-state index is -0.331. The summed E-state index contributed by atoms with van der Waals surface area (Å²) >= 11 is 1.30. The van der Waals surface area contributed by atoms with Gasteiger partial charge in [0.15, 0.2) is 5.82 Å². The highest BCUT2D eigenvalue weighted by Crippen LogP contribution is 2.14. The van der Waals surface area contributed by atoms with Crippen LogP contribution in [0.1, 0.15) is 45.3 Å². The first kappa shape index (κ1) is 18.5. The molecule has 0 aliphatic carbocycles. The highest BCUT2D eigenvalue weighted by molar-refractivity contribution is 8.01. The van der Waals surface area contributed by atoms with E-state index in [1.54, 1.807) is 19.9 Å². The predicted molar refractivity (Wildman–Crippen MR) is 88.9 cm³/mol. The van der Waals surface area contributed by atoms with Crippen molar-refractivity contribution < 1.29 is 14.1 Å². The third-order valence-corrected chi connectivity index (χ3v) is 4.21. The summed E-state index contributed by atoms with van der Waals surface area (Å²) in [4.78, 5) is 23.6. The molecular weight excluding hydrogens is 302 g/mol. The maximum absolute atomic E-state index is 11.9. The topological polar surface area (TPSA) is 84.2 Å². The molecule has 22 heavy (non-hydrogen) atoms. The third kappa shape index (κ3) is 7.49. The number of carbonyl (C=O) groups is 2. The number of hydrogen-bond donors (Lipinski definition) is 2. The normalized spacial score (nSPS) is 12.0. The molecule has 0 fully saturated rings. The Labute approximate surface area is 135 Å². The van der Waals surface area contributed by atoms with E-state index in [2.05, 4.69) is 22.7 Å². The zero-order valence-corrected chi connectivity index (χ0v) is 14.3. The van der Waals surface area contributed by atoms with E-state index < -0.39 is 0 Å². The zero-order chi connectivity index (χ0) is 16.4. The fourth-order valence-electron chi connectivity index (χ4n) is 1.76. The second-order valence-corrected chi connectivity index (χ2v) is 6.51. The lowest BCUT2D eigenvalue weighted by molar-refractivity contribution is -0.118. The van der Waals surface area contributed by atoms with Crippen LogP contribution in [0, 0.1) is 6.92 Å². The quantitative estimate of drug-likeness (QED) is 0.646. The number of thioether (sulfide) groups is 1. The average molecular weight is 327 g/mol. The van der Waals surface area contributed by atoms with Crippen LogP contribution in [0.5, 0.6) is 0 Å². The Kier molecular flexibility index (Phi) is 8.65. The summed E-state index contributed by atoms with van der Waals surface area (Å²) in [6.45, 7) is 6.38. The Hall–Kier alpha value is -1.50. The van der Waals surface area contributed by atoms with Crippen LogP contribution in [0.2, 0.25) is 0 Å². The van der Waals surface area contributed by atoms with E-state index in [1.165, 1.54) is 24.6 Å². The van der Waals surface area contributed by atoms with E-state index in [0.29, 0.717) is 18.1 Å². The van der Waals surface area contributed by atoms with E-state index in [9.17, 15) is 9.59 Å². The number of anilines is 1. The Balaban J connectivity index is 2.17. The van der Waals surface area contributed by atoms with Gasteiger partial charge in [0, 0.05) is 12.6 Å². The van der Waals surface area contributed by atoms with Gasteiger partial charge in [0.25, 0.3) is 0 Å². The predicted octanol–water partition coefficient (Wildman–Crippen LogP) is 2.74. The first-order valence-electron chi connectivity index (χ1n) is 7.65. The van der Waals surface area contributed by atoms with Crippen LogP contribution in [0.3, 0.4) is 0 Å². The number of nitrogens with zero attached hydrogens (tertiary/aromatic N) is 1. The molecule has 6 nitrogen and oxygen atoms in total. The number of carbonyl (C=O) groups excluding carboxylic acids is 2. The van der Waals surface area contributed by atoms with Gasteiger partial charge in [-0.25, -0.2) is 0 Å². The monoisotopic (exact) mass is 327 g/mol. The molecule has 0 bridgehead atoms. The molecule has 0 saturated carbocycles. The first-order chi connectivity index (χ1) is 10.5. The van der Waals surface area contributed by atoms with Crippen molar-refractivity contribution in [1.82, 2.24) is 10.5 Å². The van der Waals surface area contributed by atoms with Crippen molar-refractivity contribution in [1.29, 1.82) is 0 Å². The van der Waals surface area contributed by atoms with Gasteiger partial charge in [-0.3, -0.25) is 9.59 Å². The lowest BCUT2D eigenvalue weighted by atomic mass is 10.2. The molecule has 0 aromatic carbocycles. The fraction of sp³-hybridized carbons (Fsp3) is 0.667. The SMILES string of the molecule is CCCCCCNC(=O)CS[C@@H](C)C(=O)Nc1cc(C)on1. The summed E-state index contributed by atoms with van der Waals surface area (Å²) in [5, 5.41) is 8.90. The van der Waals surface area contributed by atoms with Crippen molar-refractivity contribution in [3.8, 4) is 0 Å².